The van der Waals surface area contributed by atoms with E-state index in [4.69, 9.17) is 0 Å². The van der Waals surface area contributed by atoms with E-state index >= 15 is 0 Å². The summed E-state index contributed by atoms with van der Waals surface area (Å²) in [7, 11) is 0. The highest BCUT2D eigenvalue weighted by molar-refractivity contribution is 5.97. The maximum atomic E-state index is 12.2. The van der Waals surface area contributed by atoms with Crippen LogP contribution in [0, 0.1) is 0 Å². The van der Waals surface area contributed by atoms with Gasteiger partial charge in [0.25, 0.3) is 5.91 Å². The fraction of sp³-hybridized carbons (Fsp3) is 0.333. The minimum absolute atomic E-state index is 0.0597. The van der Waals surface area contributed by atoms with Crippen molar-refractivity contribution in [3.8, 4) is 0 Å². The number of piperazine rings is 1. The number of hydrogen-bond donors (Lipinski definition) is 2. The van der Waals surface area contributed by atoms with E-state index in [1.54, 1.807) is 6.20 Å². The highest BCUT2D eigenvalue weighted by atomic mass is 16.2. The number of aromatic nitrogens is 2. The molecule has 3 rings (SSSR count). The molecule has 3 heterocycles. The zero-order valence-corrected chi connectivity index (χ0v) is 9.44. The molecule has 1 amide bonds. The predicted molar refractivity (Wildman–Crippen MR) is 64.9 cm³/mol. The van der Waals surface area contributed by atoms with E-state index in [0.29, 0.717) is 5.69 Å². The lowest BCUT2D eigenvalue weighted by Gasteiger charge is -2.26. The molecule has 0 aliphatic carbocycles. The Balaban J connectivity index is 1.89. The second-order valence-electron chi connectivity index (χ2n) is 4.16. The second-order valence-corrected chi connectivity index (χ2v) is 4.16. The van der Waals surface area contributed by atoms with E-state index in [9.17, 15) is 4.79 Å². The molecule has 2 aromatic rings. The molecule has 1 saturated heterocycles. The normalized spacial score (nSPS) is 16.4. The van der Waals surface area contributed by atoms with Gasteiger partial charge in [0, 0.05) is 32.4 Å². The Morgan fingerprint density at radius 1 is 1.35 bits per heavy atom. The number of nitrogens with zero attached hydrogens (tertiary/aromatic N) is 2. The Bertz CT molecular complexity index is 509. The molecular formula is C12H14N4O. The average Bonchev–Trinajstić information content (AvgIpc) is 2.82. The largest absolute Gasteiger partial charge is 0.349 e. The molecule has 5 heteroatoms. The number of hydrogen-bond acceptors (Lipinski definition) is 3. The van der Waals surface area contributed by atoms with Gasteiger partial charge in [0.15, 0.2) is 0 Å². The lowest BCUT2D eigenvalue weighted by atomic mass is 10.3. The van der Waals surface area contributed by atoms with Crippen LogP contribution < -0.4 is 5.32 Å². The topological polar surface area (TPSA) is 61.0 Å². The van der Waals surface area contributed by atoms with Crippen LogP contribution in [0.1, 0.15) is 10.5 Å². The van der Waals surface area contributed by atoms with Crippen molar-refractivity contribution in [1.82, 2.24) is 20.2 Å². The van der Waals surface area contributed by atoms with Crippen molar-refractivity contribution < 1.29 is 4.79 Å². The molecule has 1 fully saturated rings. The number of carbonyl (C=O) groups is 1. The number of H-pyrrole nitrogens is 1. The second kappa shape index (κ2) is 4.18. The van der Waals surface area contributed by atoms with Crippen molar-refractivity contribution in [3.63, 3.8) is 0 Å². The Kier molecular flexibility index (Phi) is 2.53. The first-order chi connectivity index (χ1) is 8.34. The summed E-state index contributed by atoms with van der Waals surface area (Å²) in [4.78, 5) is 21.4. The average molecular weight is 230 g/mol. The van der Waals surface area contributed by atoms with Crippen molar-refractivity contribution in [2.45, 2.75) is 0 Å². The standard InChI is InChI=1S/C12H14N4O/c17-12(16-6-4-13-5-7-16)11-8-10-9(15-11)2-1-3-14-10/h1-3,8,13,15H,4-7H2. The zero-order valence-electron chi connectivity index (χ0n) is 9.44. The third-order valence-electron chi connectivity index (χ3n) is 3.02. The van der Waals surface area contributed by atoms with Gasteiger partial charge in [0.1, 0.15) is 5.69 Å². The molecule has 0 unspecified atom stereocenters. The zero-order chi connectivity index (χ0) is 11.7. The molecule has 0 bridgehead atoms. The van der Waals surface area contributed by atoms with E-state index in [2.05, 4.69) is 15.3 Å². The SMILES string of the molecule is O=C(c1cc2ncccc2[nH]1)N1CCNCC1. The van der Waals surface area contributed by atoms with Gasteiger partial charge in [-0.3, -0.25) is 9.78 Å². The summed E-state index contributed by atoms with van der Waals surface area (Å²) in [6, 6.07) is 5.61. The molecule has 88 valence electrons. The smallest absolute Gasteiger partial charge is 0.270 e. The number of amides is 1. The Labute approximate surface area is 98.8 Å². The third-order valence-corrected chi connectivity index (χ3v) is 3.02. The number of rotatable bonds is 1. The molecule has 0 radical (unpaired) electrons. The van der Waals surface area contributed by atoms with E-state index in [-0.39, 0.29) is 5.91 Å². The van der Waals surface area contributed by atoms with Crippen LogP contribution in [0.2, 0.25) is 0 Å². The molecule has 5 nitrogen and oxygen atoms in total. The van der Waals surface area contributed by atoms with Gasteiger partial charge in [-0.15, -0.1) is 0 Å². The maximum absolute atomic E-state index is 12.2. The quantitative estimate of drug-likeness (QED) is 0.754. The minimum atomic E-state index is 0.0597. The molecular weight excluding hydrogens is 216 g/mol. The highest BCUT2D eigenvalue weighted by Gasteiger charge is 2.19. The molecule has 2 aromatic heterocycles. The molecule has 1 aliphatic heterocycles. The number of carbonyl (C=O) groups excluding carboxylic acids is 1. The molecule has 0 spiro atoms. The van der Waals surface area contributed by atoms with Gasteiger partial charge >= 0.3 is 0 Å². The minimum Gasteiger partial charge on any atom is -0.349 e. The first kappa shape index (κ1) is 10.3. The van der Waals surface area contributed by atoms with Crippen molar-refractivity contribution in [1.29, 1.82) is 0 Å². The van der Waals surface area contributed by atoms with Crippen molar-refractivity contribution in [2.24, 2.45) is 0 Å². The van der Waals surface area contributed by atoms with Gasteiger partial charge in [0.05, 0.1) is 11.0 Å². The van der Waals surface area contributed by atoms with E-state index in [1.165, 1.54) is 0 Å². The van der Waals surface area contributed by atoms with E-state index in [0.717, 1.165) is 37.2 Å². The van der Waals surface area contributed by atoms with Crippen LogP contribution in [0.15, 0.2) is 24.4 Å². The molecule has 2 N–H and O–H groups in total. The first-order valence-electron chi connectivity index (χ1n) is 5.78. The highest BCUT2D eigenvalue weighted by Crippen LogP contribution is 2.13. The summed E-state index contributed by atoms with van der Waals surface area (Å²) < 4.78 is 0. The van der Waals surface area contributed by atoms with Crippen LogP contribution in [-0.4, -0.2) is 47.0 Å². The van der Waals surface area contributed by atoms with Crippen LogP contribution in [0.25, 0.3) is 11.0 Å². The summed E-state index contributed by atoms with van der Waals surface area (Å²) >= 11 is 0. The number of aromatic amines is 1. The summed E-state index contributed by atoms with van der Waals surface area (Å²) in [6.07, 6.45) is 1.73. The van der Waals surface area contributed by atoms with Crippen molar-refractivity contribution >= 4 is 16.9 Å². The summed E-state index contributed by atoms with van der Waals surface area (Å²) in [5.41, 5.74) is 2.37. The van der Waals surface area contributed by atoms with Crippen LogP contribution >= 0.6 is 0 Å². The first-order valence-corrected chi connectivity index (χ1v) is 5.78. The number of nitrogens with one attached hydrogen (secondary N) is 2. The summed E-state index contributed by atoms with van der Waals surface area (Å²) in [5.74, 6) is 0.0597. The Morgan fingerprint density at radius 2 is 2.18 bits per heavy atom. The fourth-order valence-corrected chi connectivity index (χ4v) is 2.11. The van der Waals surface area contributed by atoms with E-state index < -0.39 is 0 Å². The summed E-state index contributed by atoms with van der Waals surface area (Å²) in [5, 5.41) is 3.23. The van der Waals surface area contributed by atoms with Crippen LogP contribution in [-0.2, 0) is 0 Å². The van der Waals surface area contributed by atoms with Gasteiger partial charge in [-0.1, -0.05) is 0 Å². The van der Waals surface area contributed by atoms with Crippen LogP contribution in [0.3, 0.4) is 0 Å². The van der Waals surface area contributed by atoms with Crippen LogP contribution in [0.5, 0.6) is 0 Å². The van der Waals surface area contributed by atoms with Gasteiger partial charge in [-0.2, -0.15) is 0 Å². The molecule has 0 aromatic carbocycles. The molecule has 0 saturated carbocycles. The van der Waals surface area contributed by atoms with Gasteiger partial charge in [-0.25, -0.2) is 0 Å². The predicted octanol–water partition coefficient (Wildman–Crippen LogP) is 0.608. The van der Waals surface area contributed by atoms with Gasteiger partial charge < -0.3 is 15.2 Å². The monoisotopic (exact) mass is 230 g/mol. The number of fused-ring (bicyclic) bond motifs is 1. The lowest BCUT2D eigenvalue weighted by molar-refractivity contribution is 0.0731. The van der Waals surface area contributed by atoms with Gasteiger partial charge in [-0.05, 0) is 18.2 Å². The lowest BCUT2D eigenvalue weighted by Crippen LogP contribution is -2.46. The number of pyridine rings is 1. The maximum Gasteiger partial charge on any atom is 0.270 e. The van der Waals surface area contributed by atoms with Crippen LogP contribution in [0.4, 0.5) is 0 Å². The third kappa shape index (κ3) is 1.89. The molecule has 1 aliphatic rings. The summed E-state index contributed by atoms with van der Waals surface area (Å²) in [6.45, 7) is 3.26. The molecule has 17 heavy (non-hydrogen) atoms. The molecule has 0 atom stereocenters. The van der Waals surface area contributed by atoms with Gasteiger partial charge in [0.2, 0.25) is 0 Å². The fourth-order valence-electron chi connectivity index (χ4n) is 2.11. The van der Waals surface area contributed by atoms with Crippen molar-refractivity contribution in [2.75, 3.05) is 26.2 Å². The van der Waals surface area contributed by atoms with Crippen molar-refractivity contribution in [3.05, 3.63) is 30.1 Å². The Hall–Kier alpha value is -1.88. The van der Waals surface area contributed by atoms with E-state index in [1.807, 2.05) is 23.1 Å². The Morgan fingerprint density at radius 3 is 2.94 bits per heavy atom.